The average molecular weight is 288 g/mol. The Kier molecular flexibility index (Phi) is 3.32. The number of fused-ring (bicyclic) bond motifs is 1. The minimum atomic E-state index is -0.780. The zero-order valence-electron chi connectivity index (χ0n) is 11.7. The molecule has 2 aromatic heterocycles. The Morgan fingerprint density at radius 1 is 1.29 bits per heavy atom. The van der Waals surface area contributed by atoms with Crippen molar-refractivity contribution in [3.63, 3.8) is 0 Å². The number of nitrogens with zero attached hydrogens (tertiary/aromatic N) is 4. The van der Waals surface area contributed by atoms with Gasteiger partial charge in [0.1, 0.15) is 5.82 Å². The predicted molar refractivity (Wildman–Crippen MR) is 74.0 cm³/mol. The number of pyridine rings is 1. The first-order valence-corrected chi connectivity index (χ1v) is 6.90. The summed E-state index contributed by atoms with van der Waals surface area (Å²) in [4.78, 5) is 25.2. The first-order chi connectivity index (χ1) is 10.1. The molecule has 1 N–H and O–H groups in total. The molecule has 2 aromatic rings. The van der Waals surface area contributed by atoms with Gasteiger partial charge in [-0.2, -0.15) is 0 Å². The van der Waals surface area contributed by atoms with Crippen LogP contribution in [0.2, 0.25) is 0 Å². The van der Waals surface area contributed by atoms with Gasteiger partial charge in [0.05, 0.1) is 11.5 Å². The number of carbonyl (C=O) groups is 2. The van der Waals surface area contributed by atoms with E-state index in [1.165, 1.54) is 0 Å². The Labute approximate surface area is 121 Å². The Morgan fingerprint density at radius 2 is 2.00 bits per heavy atom. The van der Waals surface area contributed by atoms with E-state index in [4.69, 9.17) is 5.11 Å². The van der Waals surface area contributed by atoms with Gasteiger partial charge < -0.3 is 10.0 Å². The minimum Gasteiger partial charge on any atom is -0.481 e. The molecule has 1 saturated heterocycles. The van der Waals surface area contributed by atoms with Crippen molar-refractivity contribution in [1.82, 2.24) is 19.5 Å². The van der Waals surface area contributed by atoms with Crippen molar-refractivity contribution >= 4 is 17.5 Å². The summed E-state index contributed by atoms with van der Waals surface area (Å²) in [6, 6.07) is 3.52. The highest BCUT2D eigenvalue weighted by Crippen LogP contribution is 2.20. The molecule has 1 fully saturated rings. The predicted octanol–water partition coefficient (Wildman–Crippen LogP) is 0.975. The van der Waals surface area contributed by atoms with E-state index in [1.807, 2.05) is 13.1 Å². The fourth-order valence-electron chi connectivity index (χ4n) is 2.70. The maximum absolute atomic E-state index is 12.6. The standard InChI is InChI=1S/C14H16N4O3/c1-9-15-16-12-11(3-2-6-18(9)12)13(19)17-7-4-10(5-8-17)14(20)21/h2-3,6,10H,4-5,7-8H2,1H3,(H,20,21). The topological polar surface area (TPSA) is 87.8 Å². The third kappa shape index (κ3) is 2.35. The lowest BCUT2D eigenvalue weighted by molar-refractivity contribution is -0.143. The molecule has 0 atom stereocenters. The van der Waals surface area contributed by atoms with Crippen LogP contribution in [0.1, 0.15) is 29.0 Å². The largest absolute Gasteiger partial charge is 0.481 e. The number of hydrogen-bond donors (Lipinski definition) is 1. The Balaban J connectivity index is 1.83. The summed E-state index contributed by atoms with van der Waals surface area (Å²) >= 11 is 0. The van der Waals surface area contributed by atoms with Crippen LogP contribution in [0.4, 0.5) is 0 Å². The van der Waals surface area contributed by atoms with E-state index in [0.717, 1.165) is 5.82 Å². The first-order valence-electron chi connectivity index (χ1n) is 6.90. The molecule has 1 aliphatic heterocycles. The van der Waals surface area contributed by atoms with E-state index in [1.54, 1.807) is 21.4 Å². The number of amides is 1. The van der Waals surface area contributed by atoms with Gasteiger partial charge >= 0.3 is 5.97 Å². The zero-order chi connectivity index (χ0) is 15.0. The summed E-state index contributed by atoms with van der Waals surface area (Å²) < 4.78 is 1.78. The van der Waals surface area contributed by atoms with Crippen LogP contribution in [0.25, 0.3) is 5.65 Å². The number of carboxylic acid groups (broad SMARTS) is 1. The summed E-state index contributed by atoms with van der Waals surface area (Å²) in [5.41, 5.74) is 1.05. The smallest absolute Gasteiger partial charge is 0.306 e. The molecule has 3 rings (SSSR count). The Morgan fingerprint density at radius 3 is 2.67 bits per heavy atom. The highest BCUT2D eigenvalue weighted by molar-refractivity contribution is 5.99. The molecule has 3 heterocycles. The van der Waals surface area contributed by atoms with Gasteiger partial charge in [0.15, 0.2) is 5.65 Å². The highest BCUT2D eigenvalue weighted by Gasteiger charge is 2.28. The van der Waals surface area contributed by atoms with E-state index in [-0.39, 0.29) is 11.8 Å². The number of hydrogen-bond acceptors (Lipinski definition) is 4. The zero-order valence-corrected chi connectivity index (χ0v) is 11.7. The van der Waals surface area contributed by atoms with Gasteiger partial charge in [0, 0.05) is 19.3 Å². The SMILES string of the molecule is Cc1nnc2c(C(=O)N3CCC(C(=O)O)CC3)cccn12. The highest BCUT2D eigenvalue weighted by atomic mass is 16.4. The molecule has 1 aliphatic rings. The molecule has 0 unspecified atom stereocenters. The lowest BCUT2D eigenvalue weighted by Crippen LogP contribution is -2.40. The van der Waals surface area contributed by atoms with E-state index >= 15 is 0 Å². The molecule has 0 saturated carbocycles. The van der Waals surface area contributed by atoms with Gasteiger partial charge in [-0.1, -0.05) is 0 Å². The van der Waals surface area contributed by atoms with Crippen LogP contribution in [0.15, 0.2) is 18.3 Å². The monoisotopic (exact) mass is 288 g/mol. The molecule has 0 aromatic carbocycles. The van der Waals surface area contributed by atoms with Gasteiger partial charge in [0.25, 0.3) is 5.91 Å². The lowest BCUT2D eigenvalue weighted by atomic mass is 9.97. The van der Waals surface area contributed by atoms with Crippen molar-refractivity contribution in [2.75, 3.05) is 13.1 Å². The average Bonchev–Trinajstić information content (AvgIpc) is 2.88. The van der Waals surface area contributed by atoms with Crippen molar-refractivity contribution in [2.24, 2.45) is 5.92 Å². The van der Waals surface area contributed by atoms with Gasteiger partial charge in [-0.25, -0.2) is 0 Å². The van der Waals surface area contributed by atoms with Crippen molar-refractivity contribution in [3.05, 3.63) is 29.7 Å². The molecule has 0 spiro atoms. The van der Waals surface area contributed by atoms with Crippen molar-refractivity contribution in [2.45, 2.75) is 19.8 Å². The summed E-state index contributed by atoms with van der Waals surface area (Å²) in [5.74, 6) is -0.515. The number of aromatic nitrogens is 3. The molecule has 7 nitrogen and oxygen atoms in total. The first kappa shape index (κ1) is 13.5. The van der Waals surface area contributed by atoms with Crippen LogP contribution in [-0.2, 0) is 4.79 Å². The summed E-state index contributed by atoms with van der Waals surface area (Å²) in [5, 5.41) is 17.0. The van der Waals surface area contributed by atoms with E-state index in [0.29, 0.717) is 37.1 Å². The van der Waals surface area contributed by atoms with E-state index in [9.17, 15) is 9.59 Å². The number of rotatable bonds is 2. The van der Waals surface area contributed by atoms with Crippen LogP contribution in [0.3, 0.4) is 0 Å². The molecule has 0 radical (unpaired) electrons. The number of carboxylic acids is 1. The van der Waals surface area contributed by atoms with Crippen molar-refractivity contribution in [3.8, 4) is 0 Å². The molecular weight excluding hydrogens is 272 g/mol. The van der Waals surface area contributed by atoms with Crippen LogP contribution in [-0.4, -0.2) is 49.6 Å². The second kappa shape index (κ2) is 5.16. The maximum Gasteiger partial charge on any atom is 0.306 e. The molecule has 110 valence electrons. The molecule has 21 heavy (non-hydrogen) atoms. The van der Waals surface area contributed by atoms with E-state index < -0.39 is 5.97 Å². The number of aliphatic carboxylic acids is 1. The summed E-state index contributed by atoms with van der Waals surface area (Å²) in [6.45, 7) is 2.75. The van der Waals surface area contributed by atoms with Crippen molar-refractivity contribution in [1.29, 1.82) is 0 Å². The van der Waals surface area contributed by atoms with Gasteiger partial charge in [-0.05, 0) is 31.9 Å². The van der Waals surface area contributed by atoms with Crippen molar-refractivity contribution < 1.29 is 14.7 Å². The number of likely N-dealkylation sites (tertiary alicyclic amines) is 1. The third-order valence-electron chi connectivity index (χ3n) is 3.97. The van der Waals surface area contributed by atoms with Gasteiger partial charge in [0.2, 0.25) is 0 Å². The Bertz CT molecular complexity index is 701. The van der Waals surface area contributed by atoms with Crippen LogP contribution >= 0.6 is 0 Å². The fraction of sp³-hybridized carbons (Fsp3) is 0.429. The molecule has 0 bridgehead atoms. The molecular formula is C14H16N4O3. The second-order valence-corrected chi connectivity index (χ2v) is 5.27. The third-order valence-corrected chi connectivity index (χ3v) is 3.97. The van der Waals surface area contributed by atoms with Gasteiger partial charge in [-0.3, -0.25) is 14.0 Å². The number of carbonyl (C=O) groups excluding carboxylic acids is 1. The van der Waals surface area contributed by atoms with E-state index in [2.05, 4.69) is 10.2 Å². The molecule has 1 amide bonds. The van der Waals surface area contributed by atoms with Gasteiger partial charge in [-0.15, -0.1) is 10.2 Å². The second-order valence-electron chi connectivity index (χ2n) is 5.27. The van der Waals surface area contributed by atoms with Crippen LogP contribution in [0.5, 0.6) is 0 Å². The minimum absolute atomic E-state index is 0.114. The number of piperidine rings is 1. The quantitative estimate of drug-likeness (QED) is 0.889. The fourth-order valence-corrected chi connectivity index (χ4v) is 2.70. The maximum atomic E-state index is 12.6. The molecule has 7 heteroatoms. The lowest BCUT2D eigenvalue weighted by Gasteiger charge is -2.30. The Hall–Kier alpha value is -2.44. The number of aryl methyl sites for hydroxylation is 1. The van der Waals surface area contributed by atoms with Crippen LogP contribution < -0.4 is 0 Å². The summed E-state index contributed by atoms with van der Waals surface area (Å²) in [6.07, 6.45) is 2.81. The van der Waals surface area contributed by atoms with Crippen LogP contribution in [0, 0.1) is 12.8 Å². The molecule has 0 aliphatic carbocycles. The normalized spacial score (nSPS) is 16.3. The summed E-state index contributed by atoms with van der Waals surface area (Å²) in [7, 11) is 0.